The lowest BCUT2D eigenvalue weighted by molar-refractivity contribution is 0.489. The van der Waals surface area contributed by atoms with Gasteiger partial charge in [0.1, 0.15) is 5.52 Å². The van der Waals surface area contributed by atoms with Gasteiger partial charge in [-0.1, -0.05) is 30.0 Å². The molecule has 21 heavy (non-hydrogen) atoms. The van der Waals surface area contributed by atoms with Gasteiger partial charge in [-0.15, -0.1) is 0 Å². The highest BCUT2D eigenvalue weighted by molar-refractivity contribution is 7.99. The highest BCUT2D eigenvalue weighted by atomic mass is 32.2. The predicted octanol–water partition coefficient (Wildman–Crippen LogP) is 3.90. The molecule has 0 aliphatic carbocycles. The van der Waals surface area contributed by atoms with Gasteiger partial charge in [0.05, 0.1) is 0 Å². The zero-order valence-corrected chi connectivity index (χ0v) is 11.7. The number of fused-ring (bicyclic) bond motifs is 1. The van der Waals surface area contributed by atoms with Crippen LogP contribution in [-0.2, 0) is 0 Å². The number of hydrogen-bond donors (Lipinski definition) is 1. The molecule has 3 nitrogen and oxygen atoms in total. The minimum absolute atomic E-state index is 0.430. The molecule has 0 saturated carbocycles. The van der Waals surface area contributed by atoms with Gasteiger partial charge in [-0.3, -0.25) is 0 Å². The van der Waals surface area contributed by atoms with E-state index in [9.17, 15) is 8.78 Å². The second kappa shape index (κ2) is 5.83. The molecule has 1 unspecified atom stereocenters. The Morgan fingerprint density at radius 2 is 1.95 bits per heavy atom. The smallest absolute Gasteiger partial charge is 0.256 e. The minimum atomic E-state index is -0.894. The molecule has 2 aromatic carbocycles. The maximum atomic E-state index is 13.2. The number of benzene rings is 2. The summed E-state index contributed by atoms with van der Waals surface area (Å²) in [5.41, 5.74) is 8.00. The highest BCUT2D eigenvalue weighted by Gasteiger charge is 2.12. The number of para-hydroxylation sites is 2. The molecular formula is C15H12F2N2OS. The predicted molar refractivity (Wildman–Crippen MR) is 78.0 cm³/mol. The molecule has 0 radical (unpaired) electrons. The Morgan fingerprint density at radius 3 is 2.71 bits per heavy atom. The molecule has 0 aliphatic heterocycles. The third-order valence-electron chi connectivity index (χ3n) is 3.03. The number of nitrogens with zero attached hydrogens (tertiary/aromatic N) is 1. The topological polar surface area (TPSA) is 52.0 Å². The number of oxazole rings is 1. The summed E-state index contributed by atoms with van der Waals surface area (Å²) in [5, 5.41) is 0.509. The van der Waals surface area contributed by atoms with E-state index in [4.69, 9.17) is 10.2 Å². The van der Waals surface area contributed by atoms with Gasteiger partial charge in [0.2, 0.25) is 0 Å². The summed E-state index contributed by atoms with van der Waals surface area (Å²) in [6.07, 6.45) is 0. The monoisotopic (exact) mass is 306 g/mol. The molecule has 3 aromatic rings. The summed E-state index contributed by atoms with van der Waals surface area (Å²) in [5.74, 6) is -1.31. The SMILES string of the molecule is NC(CSc1nc2ccccc2o1)c1ccc(F)c(F)c1. The van der Waals surface area contributed by atoms with Crippen LogP contribution in [0.5, 0.6) is 0 Å². The van der Waals surface area contributed by atoms with E-state index in [1.165, 1.54) is 17.8 Å². The Hall–Kier alpha value is -1.92. The Kier molecular flexibility index (Phi) is 3.90. The van der Waals surface area contributed by atoms with Crippen molar-refractivity contribution in [1.82, 2.24) is 4.98 Å². The van der Waals surface area contributed by atoms with Gasteiger partial charge in [0.15, 0.2) is 17.2 Å². The third kappa shape index (κ3) is 3.06. The number of aromatic nitrogens is 1. The van der Waals surface area contributed by atoms with Crippen molar-refractivity contribution in [2.45, 2.75) is 11.3 Å². The Bertz CT molecular complexity index is 742. The van der Waals surface area contributed by atoms with Crippen LogP contribution in [0.2, 0.25) is 0 Å². The highest BCUT2D eigenvalue weighted by Crippen LogP contribution is 2.26. The molecule has 0 bridgehead atoms. The first-order chi connectivity index (χ1) is 10.1. The average molecular weight is 306 g/mol. The lowest BCUT2D eigenvalue weighted by Gasteiger charge is -2.10. The van der Waals surface area contributed by atoms with Crippen LogP contribution in [0.15, 0.2) is 52.1 Å². The summed E-state index contributed by atoms with van der Waals surface area (Å²) >= 11 is 1.34. The second-order valence-corrected chi connectivity index (χ2v) is 5.51. The Morgan fingerprint density at radius 1 is 1.14 bits per heavy atom. The zero-order chi connectivity index (χ0) is 14.8. The van der Waals surface area contributed by atoms with Crippen LogP contribution in [0, 0.1) is 11.6 Å². The van der Waals surface area contributed by atoms with E-state index in [2.05, 4.69) is 4.98 Å². The van der Waals surface area contributed by atoms with Gasteiger partial charge in [0, 0.05) is 11.8 Å². The summed E-state index contributed by atoms with van der Waals surface area (Å²) in [6, 6.07) is 10.7. The van der Waals surface area contributed by atoms with Crippen molar-refractivity contribution in [3.05, 3.63) is 59.7 Å². The van der Waals surface area contributed by atoms with E-state index in [0.717, 1.165) is 17.6 Å². The maximum Gasteiger partial charge on any atom is 0.256 e. The van der Waals surface area contributed by atoms with Crippen molar-refractivity contribution in [2.24, 2.45) is 5.73 Å². The normalized spacial score (nSPS) is 12.7. The molecule has 0 saturated heterocycles. The number of thioether (sulfide) groups is 1. The fourth-order valence-electron chi connectivity index (χ4n) is 1.91. The second-order valence-electron chi connectivity index (χ2n) is 4.54. The molecule has 108 valence electrons. The van der Waals surface area contributed by atoms with Gasteiger partial charge >= 0.3 is 0 Å². The molecule has 0 fully saturated rings. The standard InChI is InChI=1S/C15H12F2N2OS/c16-10-6-5-9(7-11(10)17)12(18)8-21-15-19-13-3-1-2-4-14(13)20-15/h1-7,12H,8,18H2. The summed E-state index contributed by atoms with van der Waals surface area (Å²) in [6.45, 7) is 0. The number of hydrogen-bond acceptors (Lipinski definition) is 4. The van der Waals surface area contributed by atoms with E-state index >= 15 is 0 Å². The van der Waals surface area contributed by atoms with Gasteiger partial charge in [-0.05, 0) is 29.8 Å². The van der Waals surface area contributed by atoms with E-state index in [-0.39, 0.29) is 0 Å². The van der Waals surface area contributed by atoms with E-state index in [1.54, 1.807) is 0 Å². The fourth-order valence-corrected chi connectivity index (χ4v) is 2.74. The van der Waals surface area contributed by atoms with E-state index in [0.29, 0.717) is 22.1 Å². The van der Waals surface area contributed by atoms with Crippen molar-refractivity contribution < 1.29 is 13.2 Å². The lowest BCUT2D eigenvalue weighted by Crippen LogP contribution is -2.13. The Balaban J connectivity index is 1.70. The molecule has 0 amide bonds. The van der Waals surface area contributed by atoms with Gasteiger partial charge in [-0.2, -0.15) is 0 Å². The summed E-state index contributed by atoms with van der Waals surface area (Å²) < 4.78 is 31.6. The first kappa shape index (κ1) is 14.0. The third-order valence-corrected chi connectivity index (χ3v) is 3.98. The van der Waals surface area contributed by atoms with Crippen molar-refractivity contribution in [1.29, 1.82) is 0 Å². The fraction of sp³-hybridized carbons (Fsp3) is 0.133. The summed E-state index contributed by atoms with van der Waals surface area (Å²) in [7, 11) is 0. The Labute approximate surface area is 124 Å². The van der Waals surface area contributed by atoms with E-state index in [1.807, 2.05) is 24.3 Å². The van der Waals surface area contributed by atoms with Crippen LogP contribution >= 0.6 is 11.8 Å². The molecule has 0 aliphatic rings. The van der Waals surface area contributed by atoms with Crippen LogP contribution < -0.4 is 5.73 Å². The first-order valence-corrected chi connectivity index (χ1v) is 7.31. The molecule has 1 aromatic heterocycles. The van der Waals surface area contributed by atoms with Crippen molar-refractivity contribution in [3.8, 4) is 0 Å². The van der Waals surface area contributed by atoms with E-state index < -0.39 is 17.7 Å². The van der Waals surface area contributed by atoms with Crippen LogP contribution in [0.3, 0.4) is 0 Å². The first-order valence-electron chi connectivity index (χ1n) is 6.32. The zero-order valence-electron chi connectivity index (χ0n) is 10.9. The van der Waals surface area contributed by atoms with Crippen LogP contribution in [-0.4, -0.2) is 10.7 Å². The number of halogens is 2. The minimum Gasteiger partial charge on any atom is -0.431 e. The molecule has 0 spiro atoms. The molecular weight excluding hydrogens is 294 g/mol. The largest absolute Gasteiger partial charge is 0.431 e. The molecule has 6 heteroatoms. The van der Waals surface area contributed by atoms with Crippen molar-refractivity contribution in [2.75, 3.05) is 5.75 Å². The maximum absolute atomic E-state index is 13.2. The molecule has 3 rings (SSSR count). The van der Waals surface area contributed by atoms with Crippen LogP contribution in [0.4, 0.5) is 8.78 Å². The quantitative estimate of drug-likeness (QED) is 0.743. The molecule has 1 atom stereocenters. The number of rotatable bonds is 4. The summed E-state index contributed by atoms with van der Waals surface area (Å²) in [4.78, 5) is 4.32. The van der Waals surface area contributed by atoms with Gasteiger partial charge in [-0.25, -0.2) is 13.8 Å². The molecule has 1 heterocycles. The van der Waals surface area contributed by atoms with Crippen LogP contribution in [0.25, 0.3) is 11.1 Å². The van der Waals surface area contributed by atoms with Gasteiger partial charge in [0.25, 0.3) is 5.22 Å². The van der Waals surface area contributed by atoms with Crippen molar-refractivity contribution >= 4 is 22.9 Å². The van der Waals surface area contributed by atoms with Gasteiger partial charge < -0.3 is 10.2 Å². The number of nitrogens with two attached hydrogens (primary N) is 1. The molecule has 2 N–H and O–H groups in total. The van der Waals surface area contributed by atoms with Crippen LogP contribution in [0.1, 0.15) is 11.6 Å². The lowest BCUT2D eigenvalue weighted by atomic mass is 10.1. The average Bonchev–Trinajstić information content (AvgIpc) is 2.90. The van der Waals surface area contributed by atoms with Crippen molar-refractivity contribution in [3.63, 3.8) is 0 Å².